The van der Waals surface area contributed by atoms with Crippen LogP contribution in [0.3, 0.4) is 0 Å². The number of hydrogen-bond acceptors (Lipinski definition) is 4. The molecule has 0 saturated heterocycles. The number of ether oxygens (including phenoxy) is 2. The van der Waals surface area contributed by atoms with Crippen molar-refractivity contribution < 1.29 is 19.1 Å². The van der Waals surface area contributed by atoms with Crippen molar-refractivity contribution in [3.8, 4) is 11.5 Å². The van der Waals surface area contributed by atoms with Crippen LogP contribution in [-0.4, -0.2) is 25.0 Å². The summed E-state index contributed by atoms with van der Waals surface area (Å²) in [6.45, 7) is 1.65. The van der Waals surface area contributed by atoms with Gasteiger partial charge in [-0.1, -0.05) is 24.3 Å². The van der Waals surface area contributed by atoms with Gasteiger partial charge in [-0.15, -0.1) is 0 Å². The molecule has 0 aromatic heterocycles. The molecule has 0 unspecified atom stereocenters. The van der Waals surface area contributed by atoms with E-state index in [0.29, 0.717) is 5.75 Å². The first kappa shape index (κ1) is 18.8. The Kier molecular flexibility index (Phi) is 5.64. The van der Waals surface area contributed by atoms with Gasteiger partial charge in [-0.25, -0.2) is 0 Å². The van der Waals surface area contributed by atoms with Crippen LogP contribution in [0.4, 0.5) is 0 Å². The number of hydrogen-bond donors (Lipinski definition) is 2. The monoisotopic (exact) mass is 368 g/mol. The lowest BCUT2D eigenvalue weighted by Gasteiger charge is -2.27. The summed E-state index contributed by atoms with van der Waals surface area (Å²) in [5.41, 5.74) is 8.03. The molecule has 3 rings (SSSR count). The Morgan fingerprint density at radius 3 is 2.74 bits per heavy atom. The molecular formula is C21H24N2O4. The summed E-state index contributed by atoms with van der Waals surface area (Å²) in [7, 11) is 1.51. The highest BCUT2D eigenvalue weighted by molar-refractivity contribution is 5.96. The molecule has 2 atom stereocenters. The third kappa shape index (κ3) is 4.22. The first-order valence-electron chi connectivity index (χ1n) is 9.02. The van der Waals surface area contributed by atoms with Gasteiger partial charge in [-0.3, -0.25) is 9.59 Å². The Bertz CT molecular complexity index is 850. The number of primary amides is 1. The average molecular weight is 368 g/mol. The maximum atomic E-state index is 12.7. The first-order chi connectivity index (χ1) is 13.0. The van der Waals surface area contributed by atoms with Crippen molar-refractivity contribution in [3.63, 3.8) is 0 Å². The van der Waals surface area contributed by atoms with E-state index in [1.54, 1.807) is 19.1 Å². The van der Waals surface area contributed by atoms with Gasteiger partial charge in [0.15, 0.2) is 6.10 Å². The summed E-state index contributed by atoms with van der Waals surface area (Å²) in [5.74, 6) is -0.117. The molecule has 0 saturated carbocycles. The molecule has 27 heavy (non-hydrogen) atoms. The van der Waals surface area contributed by atoms with Crippen LogP contribution in [0.5, 0.6) is 11.5 Å². The normalized spacial score (nSPS) is 16.7. The van der Waals surface area contributed by atoms with Crippen LogP contribution in [0, 0.1) is 0 Å². The number of amides is 2. The van der Waals surface area contributed by atoms with E-state index < -0.39 is 12.0 Å². The summed E-state index contributed by atoms with van der Waals surface area (Å²) >= 11 is 0. The van der Waals surface area contributed by atoms with E-state index in [1.807, 2.05) is 12.1 Å². The van der Waals surface area contributed by atoms with Crippen molar-refractivity contribution in [1.82, 2.24) is 5.32 Å². The number of fused-ring (bicyclic) bond motifs is 1. The summed E-state index contributed by atoms with van der Waals surface area (Å²) in [6, 6.07) is 12.8. The molecule has 0 radical (unpaired) electrons. The topological polar surface area (TPSA) is 90.7 Å². The Hall–Kier alpha value is -3.02. The van der Waals surface area contributed by atoms with Gasteiger partial charge in [0.05, 0.1) is 18.7 Å². The second-order valence-electron chi connectivity index (χ2n) is 6.64. The molecule has 1 aliphatic rings. The maximum Gasteiger partial charge on any atom is 0.261 e. The van der Waals surface area contributed by atoms with Gasteiger partial charge in [-0.2, -0.15) is 0 Å². The van der Waals surface area contributed by atoms with E-state index in [2.05, 4.69) is 17.4 Å². The van der Waals surface area contributed by atoms with Gasteiger partial charge in [0, 0.05) is 6.07 Å². The van der Waals surface area contributed by atoms with E-state index in [1.165, 1.54) is 18.7 Å². The molecule has 2 aromatic carbocycles. The van der Waals surface area contributed by atoms with Crippen molar-refractivity contribution in [1.29, 1.82) is 0 Å². The van der Waals surface area contributed by atoms with E-state index in [9.17, 15) is 9.59 Å². The number of nitrogens with one attached hydrogen (secondary N) is 1. The fourth-order valence-corrected chi connectivity index (χ4v) is 3.37. The standard InChI is InChI=1S/C21H24N2O4/c1-13(27-19-12-15(26-2)10-11-17(19)20(22)24)21(25)23-18-9-5-7-14-6-3-4-8-16(14)18/h3-4,6,8,10-13,18H,5,7,9H2,1-2H3,(H2,22,24)(H,23,25)/t13-,18+/m0/s1. The molecular weight excluding hydrogens is 344 g/mol. The summed E-state index contributed by atoms with van der Waals surface area (Å²) in [6.07, 6.45) is 2.16. The zero-order valence-corrected chi connectivity index (χ0v) is 15.5. The smallest absolute Gasteiger partial charge is 0.261 e. The molecule has 0 aliphatic heterocycles. The predicted molar refractivity (Wildman–Crippen MR) is 102 cm³/mol. The second kappa shape index (κ2) is 8.12. The highest BCUT2D eigenvalue weighted by atomic mass is 16.5. The van der Waals surface area contributed by atoms with Gasteiger partial charge >= 0.3 is 0 Å². The minimum atomic E-state index is -0.788. The summed E-state index contributed by atoms with van der Waals surface area (Å²) in [5, 5.41) is 3.06. The van der Waals surface area contributed by atoms with Gasteiger partial charge in [0.25, 0.3) is 11.8 Å². The van der Waals surface area contributed by atoms with E-state index in [0.717, 1.165) is 24.8 Å². The van der Waals surface area contributed by atoms with Crippen LogP contribution in [0.2, 0.25) is 0 Å². The van der Waals surface area contributed by atoms with Crippen molar-refractivity contribution in [2.45, 2.75) is 38.3 Å². The van der Waals surface area contributed by atoms with Crippen molar-refractivity contribution >= 4 is 11.8 Å². The molecule has 142 valence electrons. The van der Waals surface area contributed by atoms with Crippen molar-refractivity contribution in [3.05, 3.63) is 59.2 Å². The van der Waals surface area contributed by atoms with Crippen LogP contribution < -0.4 is 20.5 Å². The lowest BCUT2D eigenvalue weighted by atomic mass is 9.87. The third-order valence-corrected chi connectivity index (χ3v) is 4.81. The highest BCUT2D eigenvalue weighted by Crippen LogP contribution is 2.30. The molecule has 3 N–H and O–H groups in total. The van der Waals surface area contributed by atoms with Crippen LogP contribution in [0.1, 0.15) is 47.3 Å². The second-order valence-corrected chi connectivity index (χ2v) is 6.64. The average Bonchev–Trinajstić information content (AvgIpc) is 2.67. The molecule has 6 nitrogen and oxygen atoms in total. The SMILES string of the molecule is COc1ccc(C(N)=O)c(O[C@@H](C)C(=O)N[C@@H]2CCCc3ccccc32)c1. The van der Waals surface area contributed by atoms with Crippen LogP contribution in [0.15, 0.2) is 42.5 Å². The van der Waals surface area contributed by atoms with E-state index in [4.69, 9.17) is 15.2 Å². The number of nitrogens with two attached hydrogens (primary N) is 1. The van der Waals surface area contributed by atoms with E-state index in [-0.39, 0.29) is 23.3 Å². The Labute approximate surface area is 158 Å². The van der Waals surface area contributed by atoms with Crippen LogP contribution in [0.25, 0.3) is 0 Å². The molecule has 0 bridgehead atoms. The van der Waals surface area contributed by atoms with Gasteiger partial charge in [0.2, 0.25) is 0 Å². The van der Waals surface area contributed by atoms with Crippen molar-refractivity contribution in [2.24, 2.45) is 5.73 Å². The number of aryl methyl sites for hydroxylation is 1. The predicted octanol–water partition coefficient (Wildman–Crippen LogP) is 2.76. The fraction of sp³-hybridized carbons (Fsp3) is 0.333. The zero-order valence-electron chi connectivity index (χ0n) is 15.5. The largest absolute Gasteiger partial charge is 0.497 e. The number of rotatable bonds is 6. The maximum absolute atomic E-state index is 12.7. The van der Waals surface area contributed by atoms with Crippen LogP contribution in [-0.2, 0) is 11.2 Å². The summed E-state index contributed by atoms with van der Waals surface area (Å²) < 4.78 is 10.9. The molecule has 1 aliphatic carbocycles. The fourth-order valence-electron chi connectivity index (χ4n) is 3.37. The van der Waals surface area contributed by atoms with Gasteiger partial charge < -0.3 is 20.5 Å². The third-order valence-electron chi connectivity index (χ3n) is 4.81. The quantitative estimate of drug-likeness (QED) is 0.820. The van der Waals surface area contributed by atoms with E-state index >= 15 is 0 Å². The lowest BCUT2D eigenvalue weighted by molar-refractivity contribution is -0.128. The Morgan fingerprint density at radius 2 is 2.00 bits per heavy atom. The molecule has 0 heterocycles. The Balaban J connectivity index is 1.73. The number of carbonyl (C=O) groups excluding carboxylic acids is 2. The highest BCUT2D eigenvalue weighted by Gasteiger charge is 2.25. The number of methoxy groups -OCH3 is 1. The molecule has 2 amide bonds. The lowest BCUT2D eigenvalue weighted by Crippen LogP contribution is -2.39. The van der Waals surface area contributed by atoms with Gasteiger partial charge in [-0.05, 0) is 49.4 Å². The molecule has 6 heteroatoms. The first-order valence-corrected chi connectivity index (χ1v) is 9.02. The number of carbonyl (C=O) groups is 2. The minimum absolute atomic E-state index is 0.0329. The van der Waals surface area contributed by atoms with Gasteiger partial charge in [0.1, 0.15) is 11.5 Å². The summed E-state index contributed by atoms with van der Waals surface area (Å²) in [4.78, 5) is 24.3. The molecule has 0 spiro atoms. The molecule has 2 aromatic rings. The number of benzene rings is 2. The minimum Gasteiger partial charge on any atom is -0.497 e. The van der Waals surface area contributed by atoms with Crippen LogP contribution >= 0.6 is 0 Å². The Morgan fingerprint density at radius 1 is 1.22 bits per heavy atom. The zero-order chi connectivity index (χ0) is 19.4. The molecule has 0 fully saturated rings. The van der Waals surface area contributed by atoms with Crippen molar-refractivity contribution in [2.75, 3.05) is 7.11 Å².